The second kappa shape index (κ2) is 6.26. The van der Waals surface area contributed by atoms with E-state index in [1.807, 2.05) is 0 Å². The minimum Gasteiger partial charge on any atom is -0.394 e. The van der Waals surface area contributed by atoms with Crippen LogP contribution in [0, 0.1) is 23.3 Å². The third-order valence-corrected chi connectivity index (χ3v) is 3.63. The molecule has 0 radical (unpaired) electrons. The minimum absolute atomic E-state index is 0.582. The molecule has 3 N–H and O–H groups in total. The summed E-state index contributed by atoms with van der Waals surface area (Å²) in [6, 6.07) is 0. The average molecular weight is 330 g/mol. The molecule has 1 rings (SSSR count). The van der Waals surface area contributed by atoms with Crippen LogP contribution < -0.4 is 11.1 Å². The number of rotatable bonds is 5. The zero-order valence-electron chi connectivity index (χ0n) is 10.5. The third-order valence-electron chi connectivity index (χ3n) is 2.42. The van der Waals surface area contributed by atoms with E-state index in [0.717, 1.165) is 7.11 Å². The smallest absolute Gasteiger partial charge is 0.268 e. The lowest BCUT2D eigenvalue weighted by Crippen LogP contribution is -2.31. The molecular weight excluding hydrogens is 320 g/mol. The molecule has 0 bridgehead atoms. The van der Waals surface area contributed by atoms with E-state index in [4.69, 9.17) is 5.73 Å². The summed E-state index contributed by atoms with van der Waals surface area (Å²) in [4.78, 5) is 11.5. The maximum absolute atomic E-state index is 13.4. The second-order valence-electron chi connectivity index (χ2n) is 3.73. The number of nitrogens with one attached hydrogen (secondary N) is 1. The van der Waals surface area contributed by atoms with Gasteiger partial charge in [-0.05, 0) is 0 Å². The van der Waals surface area contributed by atoms with Crippen molar-refractivity contribution in [1.29, 1.82) is 0 Å². The Bertz CT molecular complexity index is 649. The first-order chi connectivity index (χ1) is 9.62. The molecular formula is C10H10F4N2O4S. The molecule has 0 atom stereocenters. The van der Waals surface area contributed by atoms with Crippen LogP contribution in [0.15, 0.2) is 0 Å². The lowest BCUT2D eigenvalue weighted by atomic mass is 10.1. The fourth-order valence-corrected chi connectivity index (χ4v) is 1.83. The van der Waals surface area contributed by atoms with E-state index in [9.17, 15) is 30.8 Å². The number of carbonyl (C=O) groups excluding carboxylic acids is 1. The second-order valence-corrected chi connectivity index (χ2v) is 5.59. The number of nitrogen functional groups attached to an aromatic ring is 1. The van der Waals surface area contributed by atoms with Gasteiger partial charge in [-0.3, -0.25) is 8.98 Å². The fourth-order valence-electron chi connectivity index (χ4n) is 1.31. The number of anilines is 1. The van der Waals surface area contributed by atoms with E-state index in [1.54, 1.807) is 5.32 Å². The summed E-state index contributed by atoms with van der Waals surface area (Å²) < 4.78 is 79.1. The molecule has 0 aromatic heterocycles. The molecule has 1 aromatic carbocycles. The van der Waals surface area contributed by atoms with Crippen LogP contribution in [0.3, 0.4) is 0 Å². The number of halogens is 4. The van der Waals surface area contributed by atoms with Crippen LogP contribution in [0.2, 0.25) is 0 Å². The minimum atomic E-state index is -3.91. The van der Waals surface area contributed by atoms with Crippen LogP contribution in [0.5, 0.6) is 0 Å². The molecule has 0 aliphatic carbocycles. The van der Waals surface area contributed by atoms with Gasteiger partial charge >= 0.3 is 0 Å². The van der Waals surface area contributed by atoms with Crippen molar-refractivity contribution < 1.29 is 35.0 Å². The number of amides is 1. The molecule has 1 aromatic rings. The van der Waals surface area contributed by atoms with Crippen molar-refractivity contribution in [2.24, 2.45) is 0 Å². The quantitative estimate of drug-likeness (QED) is 0.355. The number of nitrogens with two attached hydrogens (primary N) is 1. The van der Waals surface area contributed by atoms with Crippen LogP contribution in [-0.2, 0) is 14.3 Å². The van der Waals surface area contributed by atoms with E-state index in [1.165, 1.54) is 0 Å². The van der Waals surface area contributed by atoms with Crippen LogP contribution >= 0.6 is 0 Å². The van der Waals surface area contributed by atoms with Gasteiger partial charge in [0.15, 0.2) is 23.3 Å². The average Bonchev–Trinajstić information content (AvgIpc) is 2.43. The molecule has 11 heteroatoms. The first-order valence-corrected chi connectivity index (χ1v) is 6.88. The molecule has 0 heterocycles. The Morgan fingerprint density at radius 2 is 1.62 bits per heavy atom. The highest BCUT2D eigenvalue weighted by Crippen LogP contribution is 2.25. The van der Waals surface area contributed by atoms with E-state index in [-0.39, 0.29) is 0 Å². The van der Waals surface area contributed by atoms with Gasteiger partial charge in [-0.2, -0.15) is 8.42 Å². The van der Waals surface area contributed by atoms with Crippen LogP contribution in [0.4, 0.5) is 23.2 Å². The normalized spacial score (nSPS) is 11.5. The highest BCUT2D eigenvalue weighted by Gasteiger charge is 2.28. The molecule has 0 saturated carbocycles. The predicted molar refractivity (Wildman–Crippen MR) is 63.8 cm³/mol. The lowest BCUT2D eigenvalue weighted by molar-refractivity contribution is 0.0945. The molecule has 0 saturated heterocycles. The Morgan fingerprint density at radius 1 is 1.14 bits per heavy atom. The summed E-state index contributed by atoms with van der Waals surface area (Å²) >= 11 is 0. The summed E-state index contributed by atoms with van der Waals surface area (Å²) in [6.45, 7) is -0.582. The van der Waals surface area contributed by atoms with Gasteiger partial charge in [0.25, 0.3) is 16.0 Å². The van der Waals surface area contributed by atoms with E-state index < -0.39 is 62.8 Å². The van der Waals surface area contributed by atoms with Gasteiger partial charge in [-0.15, -0.1) is 0 Å². The van der Waals surface area contributed by atoms with Crippen molar-refractivity contribution in [1.82, 2.24) is 5.32 Å². The number of hydrogen-bond acceptors (Lipinski definition) is 5. The Kier molecular flexibility index (Phi) is 5.12. The summed E-state index contributed by atoms with van der Waals surface area (Å²) in [6.07, 6.45) is 0. The van der Waals surface area contributed by atoms with Crippen LogP contribution in [0.1, 0.15) is 10.4 Å². The van der Waals surface area contributed by atoms with Gasteiger partial charge in [0, 0.05) is 6.54 Å². The molecule has 0 fully saturated rings. The van der Waals surface area contributed by atoms with Gasteiger partial charge in [-0.1, -0.05) is 0 Å². The topological polar surface area (TPSA) is 98.5 Å². The molecule has 1 amide bonds. The van der Waals surface area contributed by atoms with Gasteiger partial charge < -0.3 is 11.1 Å². The van der Waals surface area contributed by atoms with Gasteiger partial charge in [-0.25, -0.2) is 17.6 Å². The summed E-state index contributed by atoms with van der Waals surface area (Å²) in [5, 5.41) is 1.79. The largest absolute Gasteiger partial charge is 0.394 e. The van der Waals surface area contributed by atoms with Crippen molar-refractivity contribution in [3.05, 3.63) is 28.8 Å². The van der Waals surface area contributed by atoms with Crippen LogP contribution in [-0.4, -0.2) is 33.7 Å². The van der Waals surface area contributed by atoms with Crippen molar-refractivity contribution in [2.45, 2.75) is 0 Å². The number of carbonyl (C=O) groups is 1. The summed E-state index contributed by atoms with van der Waals surface area (Å²) in [7, 11) is -3.03. The SMILES string of the molecule is COS(=O)(=O)CCNC(=O)c1c(F)c(F)c(N)c(F)c1F. The molecule has 0 aliphatic rings. The molecule has 0 unspecified atom stereocenters. The van der Waals surface area contributed by atoms with Crippen molar-refractivity contribution in [3.8, 4) is 0 Å². The summed E-state index contributed by atoms with van der Waals surface area (Å²) in [5.41, 5.74) is 1.84. The maximum Gasteiger partial charge on any atom is 0.268 e. The Balaban J connectivity index is 2.99. The summed E-state index contributed by atoms with van der Waals surface area (Å²) in [5.74, 6) is -10.0. The molecule has 0 aliphatic heterocycles. The third kappa shape index (κ3) is 3.61. The zero-order valence-corrected chi connectivity index (χ0v) is 11.4. The van der Waals surface area contributed by atoms with Crippen molar-refractivity contribution in [2.75, 3.05) is 25.1 Å². The van der Waals surface area contributed by atoms with E-state index in [0.29, 0.717) is 0 Å². The van der Waals surface area contributed by atoms with Crippen molar-refractivity contribution >= 4 is 21.7 Å². The van der Waals surface area contributed by atoms with Gasteiger partial charge in [0.1, 0.15) is 11.3 Å². The highest BCUT2D eigenvalue weighted by atomic mass is 32.2. The van der Waals surface area contributed by atoms with Gasteiger partial charge in [0.2, 0.25) is 0 Å². The molecule has 0 spiro atoms. The Labute approximate surface area is 117 Å². The number of hydrogen-bond donors (Lipinski definition) is 2. The van der Waals surface area contributed by atoms with E-state index >= 15 is 0 Å². The monoisotopic (exact) mass is 330 g/mol. The lowest BCUT2D eigenvalue weighted by Gasteiger charge is -2.10. The maximum atomic E-state index is 13.4. The zero-order chi connectivity index (χ0) is 16.4. The number of benzene rings is 1. The standard InChI is InChI=1S/C10H10F4N2O4S/c1-20-21(18,19)3-2-16-10(17)4-5(11)7(13)9(15)8(14)6(4)12/h2-3,15H2,1H3,(H,16,17). The first kappa shape index (κ1) is 17.2. The highest BCUT2D eigenvalue weighted by molar-refractivity contribution is 7.86. The molecule has 6 nitrogen and oxygen atoms in total. The van der Waals surface area contributed by atoms with Crippen molar-refractivity contribution in [3.63, 3.8) is 0 Å². The van der Waals surface area contributed by atoms with E-state index in [2.05, 4.69) is 4.18 Å². The van der Waals surface area contributed by atoms with Gasteiger partial charge in [0.05, 0.1) is 12.9 Å². The molecule has 21 heavy (non-hydrogen) atoms. The molecule has 118 valence electrons. The fraction of sp³-hybridized carbons (Fsp3) is 0.300. The Morgan fingerprint density at radius 3 is 2.05 bits per heavy atom. The van der Waals surface area contributed by atoms with Crippen LogP contribution in [0.25, 0.3) is 0 Å². The first-order valence-electron chi connectivity index (χ1n) is 5.30. The Hall–Kier alpha value is -1.88. The predicted octanol–water partition coefficient (Wildman–Crippen LogP) is 0.531.